The molecule has 3 aromatic rings. The highest BCUT2D eigenvalue weighted by Gasteiger charge is 2.48. The summed E-state index contributed by atoms with van der Waals surface area (Å²) in [6, 6.07) is 11.5. The van der Waals surface area contributed by atoms with E-state index in [1.807, 2.05) is 6.07 Å². The van der Waals surface area contributed by atoms with Crippen LogP contribution in [0.2, 0.25) is 0 Å². The number of carbonyl (C=O) groups excluding carboxylic acids is 2. The van der Waals surface area contributed by atoms with Crippen molar-refractivity contribution >= 4 is 50.4 Å². The summed E-state index contributed by atoms with van der Waals surface area (Å²) in [6.07, 6.45) is -4.53. The van der Waals surface area contributed by atoms with Crippen molar-refractivity contribution < 1.29 is 27.9 Å². The molecule has 4 rings (SSSR count). The number of anilines is 1. The van der Waals surface area contributed by atoms with E-state index in [0.717, 1.165) is 39.2 Å². The van der Waals surface area contributed by atoms with Gasteiger partial charge in [0.1, 0.15) is 11.8 Å². The lowest BCUT2D eigenvalue weighted by atomic mass is 9.98. The summed E-state index contributed by atoms with van der Waals surface area (Å²) in [4.78, 5) is 27.8. The Morgan fingerprint density at radius 3 is 2.19 bits per heavy atom. The van der Waals surface area contributed by atoms with E-state index in [9.17, 15) is 27.9 Å². The Kier molecular flexibility index (Phi) is 5.72. The number of Topliss-reactive ketones (excluding diaryl/α,β-unsaturated/α-hetero) is 1. The number of hydrogen-bond donors (Lipinski definition) is 1. The van der Waals surface area contributed by atoms with Gasteiger partial charge in [0.2, 0.25) is 0 Å². The highest BCUT2D eigenvalue weighted by Crippen LogP contribution is 2.45. The van der Waals surface area contributed by atoms with Crippen LogP contribution in [0.3, 0.4) is 0 Å². The second kappa shape index (κ2) is 8.22. The average Bonchev–Trinajstić information content (AvgIpc) is 3.28. The number of carbonyl (C=O) groups is 2. The van der Waals surface area contributed by atoms with Crippen LogP contribution in [-0.2, 0) is 15.8 Å². The number of aliphatic hydroxyl groups excluding tert-OH is 1. The van der Waals surface area contributed by atoms with Gasteiger partial charge in [0.15, 0.2) is 0 Å². The van der Waals surface area contributed by atoms with Crippen molar-refractivity contribution in [1.29, 1.82) is 0 Å². The highest BCUT2D eigenvalue weighted by atomic mass is 79.9. The fourth-order valence-corrected chi connectivity index (χ4v) is 4.87. The van der Waals surface area contributed by atoms with Crippen LogP contribution in [0.15, 0.2) is 70.0 Å². The van der Waals surface area contributed by atoms with E-state index in [2.05, 4.69) is 15.9 Å². The van der Waals surface area contributed by atoms with Gasteiger partial charge in [0, 0.05) is 20.6 Å². The highest BCUT2D eigenvalue weighted by molar-refractivity contribution is 9.10. The molecule has 32 heavy (non-hydrogen) atoms. The number of alkyl halides is 3. The summed E-state index contributed by atoms with van der Waals surface area (Å²) in [5.74, 6) is -2.16. The molecule has 0 radical (unpaired) electrons. The SMILES string of the molecule is Cc1ccsc1C1/C(=C(/O)c2ccc(Br)cc2)C(=O)C(=O)N1c1ccc(C(F)(F)F)cc1. The zero-order chi connectivity index (χ0) is 23.2. The van der Waals surface area contributed by atoms with Crippen LogP contribution in [-0.4, -0.2) is 16.8 Å². The molecule has 2 heterocycles. The van der Waals surface area contributed by atoms with Crippen LogP contribution in [0.4, 0.5) is 18.9 Å². The Labute approximate surface area is 193 Å². The molecule has 1 aromatic heterocycles. The summed E-state index contributed by atoms with van der Waals surface area (Å²) >= 11 is 4.60. The van der Waals surface area contributed by atoms with Gasteiger partial charge in [-0.3, -0.25) is 14.5 Å². The predicted molar refractivity (Wildman–Crippen MR) is 119 cm³/mol. The maximum atomic E-state index is 13.0. The van der Waals surface area contributed by atoms with E-state index < -0.39 is 29.5 Å². The zero-order valence-electron chi connectivity index (χ0n) is 16.5. The third kappa shape index (κ3) is 3.86. The first-order valence-electron chi connectivity index (χ1n) is 9.38. The molecule has 2 aromatic carbocycles. The zero-order valence-corrected chi connectivity index (χ0v) is 18.9. The van der Waals surface area contributed by atoms with Crippen LogP contribution in [0.1, 0.15) is 27.6 Å². The number of amides is 1. The van der Waals surface area contributed by atoms with Gasteiger partial charge in [-0.2, -0.15) is 13.2 Å². The van der Waals surface area contributed by atoms with Crippen molar-refractivity contribution in [1.82, 2.24) is 0 Å². The van der Waals surface area contributed by atoms with Gasteiger partial charge in [0.05, 0.1) is 11.1 Å². The molecular weight excluding hydrogens is 507 g/mol. The standard InChI is InChI=1S/C23H15BrF3NO3S/c1-12-10-11-32-21(12)18-17(19(29)13-2-6-15(24)7-3-13)20(30)22(31)28(18)16-8-4-14(5-9-16)23(25,26)27/h2-11,18,29H,1H3/b19-17-. The summed E-state index contributed by atoms with van der Waals surface area (Å²) in [7, 11) is 0. The Balaban J connectivity index is 1.90. The number of hydrogen-bond acceptors (Lipinski definition) is 4. The number of rotatable bonds is 3. The third-order valence-corrected chi connectivity index (χ3v) is 6.78. The smallest absolute Gasteiger partial charge is 0.416 e. The van der Waals surface area contributed by atoms with Crippen molar-refractivity contribution in [3.63, 3.8) is 0 Å². The minimum Gasteiger partial charge on any atom is -0.507 e. The van der Waals surface area contributed by atoms with E-state index in [-0.39, 0.29) is 17.0 Å². The number of aryl methyl sites for hydroxylation is 1. The minimum atomic E-state index is -4.53. The second-order valence-electron chi connectivity index (χ2n) is 7.19. The fourth-order valence-electron chi connectivity index (χ4n) is 3.59. The molecule has 0 aliphatic carbocycles. The van der Waals surface area contributed by atoms with Gasteiger partial charge in [-0.05, 0) is 60.3 Å². The van der Waals surface area contributed by atoms with Gasteiger partial charge in [-0.15, -0.1) is 11.3 Å². The normalized spacial score (nSPS) is 18.4. The Bertz CT molecular complexity index is 1230. The van der Waals surface area contributed by atoms with Crippen LogP contribution >= 0.6 is 27.3 Å². The molecule has 4 nitrogen and oxygen atoms in total. The molecule has 0 saturated carbocycles. The molecule has 1 aliphatic heterocycles. The van der Waals surface area contributed by atoms with Crippen molar-refractivity contribution in [2.45, 2.75) is 19.1 Å². The molecule has 1 unspecified atom stereocenters. The number of aliphatic hydroxyl groups is 1. The lowest BCUT2D eigenvalue weighted by Gasteiger charge is -2.25. The first kappa shape index (κ1) is 22.3. The molecule has 164 valence electrons. The van der Waals surface area contributed by atoms with E-state index in [1.165, 1.54) is 11.3 Å². The Morgan fingerprint density at radius 1 is 1.03 bits per heavy atom. The van der Waals surface area contributed by atoms with Gasteiger partial charge < -0.3 is 5.11 Å². The maximum absolute atomic E-state index is 13.0. The number of thiophene rings is 1. The quantitative estimate of drug-likeness (QED) is 0.244. The minimum absolute atomic E-state index is 0.109. The maximum Gasteiger partial charge on any atom is 0.416 e. The van der Waals surface area contributed by atoms with Crippen LogP contribution < -0.4 is 4.90 Å². The molecule has 0 bridgehead atoms. The lowest BCUT2D eigenvalue weighted by Crippen LogP contribution is -2.29. The molecule has 1 fully saturated rings. The number of halogens is 4. The largest absolute Gasteiger partial charge is 0.507 e. The van der Waals surface area contributed by atoms with Crippen LogP contribution in [0, 0.1) is 6.92 Å². The molecule has 1 atom stereocenters. The van der Waals surface area contributed by atoms with E-state index >= 15 is 0 Å². The van der Waals surface area contributed by atoms with Gasteiger partial charge >= 0.3 is 6.18 Å². The van der Waals surface area contributed by atoms with Crippen LogP contribution in [0.25, 0.3) is 5.76 Å². The number of nitrogens with zero attached hydrogens (tertiary/aromatic N) is 1. The average molecular weight is 522 g/mol. The van der Waals surface area contributed by atoms with Gasteiger partial charge in [-0.25, -0.2) is 0 Å². The van der Waals surface area contributed by atoms with Gasteiger partial charge in [-0.1, -0.05) is 28.1 Å². The molecular formula is C23H15BrF3NO3S. The summed E-state index contributed by atoms with van der Waals surface area (Å²) in [5, 5.41) is 12.8. The first-order chi connectivity index (χ1) is 15.1. The van der Waals surface area contributed by atoms with Crippen molar-refractivity contribution in [3.8, 4) is 0 Å². The molecule has 0 spiro atoms. The number of ketones is 1. The number of benzene rings is 2. The molecule has 1 aliphatic rings. The molecule has 1 amide bonds. The predicted octanol–water partition coefficient (Wildman–Crippen LogP) is 6.46. The first-order valence-corrected chi connectivity index (χ1v) is 11.0. The molecule has 9 heteroatoms. The topological polar surface area (TPSA) is 57.6 Å². The summed E-state index contributed by atoms with van der Waals surface area (Å²) < 4.78 is 39.8. The summed E-state index contributed by atoms with van der Waals surface area (Å²) in [6.45, 7) is 1.80. The monoisotopic (exact) mass is 521 g/mol. The Hall–Kier alpha value is -2.91. The van der Waals surface area contributed by atoms with Crippen molar-refractivity contribution in [2.24, 2.45) is 0 Å². The van der Waals surface area contributed by atoms with Crippen molar-refractivity contribution in [3.05, 3.63) is 91.6 Å². The van der Waals surface area contributed by atoms with E-state index in [0.29, 0.717) is 10.4 Å². The fraction of sp³-hybridized carbons (Fsp3) is 0.130. The third-order valence-electron chi connectivity index (χ3n) is 5.18. The Morgan fingerprint density at radius 2 is 1.66 bits per heavy atom. The molecule has 1 N–H and O–H groups in total. The van der Waals surface area contributed by atoms with E-state index in [4.69, 9.17) is 0 Å². The second-order valence-corrected chi connectivity index (χ2v) is 9.05. The summed E-state index contributed by atoms with van der Waals surface area (Å²) in [5.41, 5.74) is 0.297. The van der Waals surface area contributed by atoms with Crippen molar-refractivity contribution in [2.75, 3.05) is 4.90 Å². The van der Waals surface area contributed by atoms with E-state index in [1.54, 1.807) is 36.6 Å². The lowest BCUT2D eigenvalue weighted by molar-refractivity contribution is -0.137. The van der Waals surface area contributed by atoms with Crippen LogP contribution in [0.5, 0.6) is 0 Å². The molecule has 1 saturated heterocycles. The van der Waals surface area contributed by atoms with Gasteiger partial charge in [0.25, 0.3) is 11.7 Å².